The topological polar surface area (TPSA) is 92.1 Å². The van der Waals surface area contributed by atoms with Gasteiger partial charge in [-0.3, -0.25) is 0 Å². The van der Waals surface area contributed by atoms with E-state index in [2.05, 4.69) is 20.9 Å². The van der Waals surface area contributed by atoms with E-state index in [1.54, 1.807) is 30.3 Å². The van der Waals surface area contributed by atoms with Crippen molar-refractivity contribution < 1.29 is 13.6 Å². The largest absolute Gasteiger partial charge is 0.382 e. The summed E-state index contributed by atoms with van der Waals surface area (Å²) in [5, 5.41) is 7.97. The van der Waals surface area contributed by atoms with Crippen LogP contribution in [0.3, 0.4) is 0 Å². The summed E-state index contributed by atoms with van der Waals surface area (Å²) in [5.41, 5.74) is 7.09. The number of carbonyl (C=O) groups is 1. The molecule has 0 unspecified atom stereocenters. The SMILES string of the molecule is Nc1nc(NCc2ccc(F)cc2)ccc1NC(=O)Nc1ccccc1F. The highest BCUT2D eigenvalue weighted by molar-refractivity contribution is 6.01. The number of nitrogens with two attached hydrogens (primary N) is 1. The monoisotopic (exact) mass is 369 g/mol. The number of hydrogen-bond donors (Lipinski definition) is 4. The predicted octanol–water partition coefficient (Wildman–Crippen LogP) is 4.20. The van der Waals surface area contributed by atoms with Gasteiger partial charge in [0.2, 0.25) is 0 Å². The van der Waals surface area contributed by atoms with Crippen molar-refractivity contribution in [3.8, 4) is 0 Å². The van der Waals surface area contributed by atoms with Crippen molar-refractivity contribution in [3.05, 3.63) is 77.9 Å². The van der Waals surface area contributed by atoms with Crippen molar-refractivity contribution in [2.45, 2.75) is 6.54 Å². The third-order valence-electron chi connectivity index (χ3n) is 3.68. The van der Waals surface area contributed by atoms with E-state index in [-0.39, 0.29) is 23.0 Å². The fraction of sp³-hybridized carbons (Fsp3) is 0.0526. The van der Waals surface area contributed by atoms with Gasteiger partial charge < -0.3 is 21.7 Å². The van der Waals surface area contributed by atoms with E-state index >= 15 is 0 Å². The molecule has 3 rings (SSSR count). The fourth-order valence-electron chi connectivity index (χ4n) is 2.31. The van der Waals surface area contributed by atoms with Crippen LogP contribution in [-0.2, 0) is 6.54 Å². The van der Waals surface area contributed by atoms with Crippen LogP contribution in [0.1, 0.15) is 5.56 Å². The summed E-state index contributed by atoms with van der Waals surface area (Å²) in [7, 11) is 0. The van der Waals surface area contributed by atoms with Gasteiger partial charge in [0.05, 0.1) is 11.4 Å². The Bertz CT molecular complexity index is 947. The number of aromatic nitrogens is 1. The molecule has 2 amide bonds. The summed E-state index contributed by atoms with van der Waals surface area (Å²) in [5.74, 6) is -0.246. The lowest BCUT2D eigenvalue weighted by Crippen LogP contribution is -2.21. The molecule has 3 aromatic rings. The van der Waals surface area contributed by atoms with Crippen molar-refractivity contribution in [1.82, 2.24) is 4.98 Å². The molecular weight excluding hydrogens is 352 g/mol. The molecule has 0 atom stereocenters. The fourth-order valence-corrected chi connectivity index (χ4v) is 2.31. The Balaban J connectivity index is 1.60. The summed E-state index contributed by atoms with van der Waals surface area (Å²) < 4.78 is 26.5. The maximum Gasteiger partial charge on any atom is 0.323 e. The number of rotatable bonds is 5. The van der Waals surface area contributed by atoms with Gasteiger partial charge in [-0.1, -0.05) is 24.3 Å². The number of hydrogen-bond acceptors (Lipinski definition) is 4. The lowest BCUT2D eigenvalue weighted by molar-refractivity contribution is 0.262. The molecule has 1 heterocycles. The summed E-state index contributed by atoms with van der Waals surface area (Å²) in [6.07, 6.45) is 0. The Morgan fingerprint density at radius 2 is 1.63 bits per heavy atom. The van der Waals surface area contributed by atoms with Crippen LogP contribution in [0.2, 0.25) is 0 Å². The van der Waals surface area contributed by atoms with Gasteiger partial charge in [0.1, 0.15) is 23.3 Å². The first kappa shape index (κ1) is 18.1. The van der Waals surface area contributed by atoms with Gasteiger partial charge in [0.25, 0.3) is 0 Å². The van der Waals surface area contributed by atoms with Gasteiger partial charge >= 0.3 is 6.03 Å². The third-order valence-corrected chi connectivity index (χ3v) is 3.68. The molecule has 6 nitrogen and oxygen atoms in total. The molecule has 27 heavy (non-hydrogen) atoms. The van der Waals surface area contributed by atoms with Crippen LogP contribution >= 0.6 is 0 Å². The van der Waals surface area contributed by atoms with Crippen molar-refractivity contribution in [2.24, 2.45) is 0 Å². The Morgan fingerprint density at radius 1 is 0.926 bits per heavy atom. The third kappa shape index (κ3) is 4.91. The van der Waals surface area contributed by atoms with Crippen molar-refractivity contribution in [1.29, 1.82) is 0 Å². The first-order chi connectivity index (χ1) is 13.0. The lowest BCUT2D eigenvalue weighted by atomic mass is 10.2. The number of para-hydroxylation sites is 1. The summed E-state index contributed by atoms with van der Waals surface area (Å²) in [4.78, 5) is 16.2. The number of urea groups is 1. The van der Waals surface area contributed by atoms with Crippen molar-refractivity contribution >= 4 is 29.0 Å². The van der Waals surface area contributed by atoms with Crippen LogP contribution in [0.25, 0.3) is 0 Å². The van der Waals surface area contributed by atoms with Gasteiger partial charge in [0, 0.05) is 6.54 Å². The highest BCUT2D eigenvalue weighted by Crippen LogP contribution is 2.20. The Hall–Kier alpha value is -3.68. The molecule has 0 aliphatic heterocycles. The van der Waals surface area contributed by atoms with E-state index < -0.39 is 11.8 Å². The minimum Gasteiger partial charge on any atom is -0.382 e. The highest BCUT2D eigenvalue weighted by atomic mass is 19.1. The zero-order valence-electron chi connectivity index (χ0n) is 14.2. The molecule has 138 valence electrons. The van der Waals surface area contributed by atoms with Gasteiger partial charge in [0.15, 0.2) is 0 Å². The van der Waals surface area contributed by atoms with E-state index in [0.29, 0.717) is 12.4 Å². The van der Waals surface area contributed by atoms with E-state index in [1.807, 2.05) is 0 Å². The second-order valence-corrected chi connectivity index (χ2v) is 5.67. The zero-order chi connectivity index (χ0) is 19.2. The minimum absolute atomic E-state index is 0.0547. The molecular formula is C19H17F2N5O. The molecule has 0 aliphatic rings. The number of nitrogen functional groups attached to an aromatic ring is 1. The average Bonchev–Trinajstić information content (AvgIpc) is 2.65. The van der Waals surface area contributed by atoms with Gasteiger partial charge in [-0.25, -0.2) is 18.6 Å². The number of pyridine rings is 1. The Morgan fingerprint density at radius 3 is 2.33 bits per heavy atom. The average molecular weight is 369 g/mol. The molecule has 0 saturated heterocycles. The number of carbonyl (C=O) groups excluding carboxylic acids is 1. The highest BCUT2D eigenvalue weighted by Gasteiger charge is 2.09. The normalized spacial score (nSPS) is 10.3. The Labute approximate surface area is 154 Å². The maximum atomic E-state index is 13.6. The molecule has 0 fully saturated rings. The molecule has 0 spiro atoms. The smallest absolute Gasteiger partial charge is 0.323 e. The molecule has 1 aromatic heterocycles. The van der Waals surface area contributed by atoms with Gasteiger partial charge in [-0.2, -0.15) is 0 Å². The van der Waals surface area contributed by atoms with Crippen LogP contribution < -0.4 is 21.7 Å². The summed E-state index contributed by atoms with van der Waals surface area (Å²) in [6, 6.07) is 14.5. The Kier molecular flexibility index (Phi) is 5.46. The van der Waals surface area contributed by atoms with Gasteiger partial charge in [-0.05, 0) is 42.0 Å². The number of anilines is 4. The quantitative estimate of drug-likeness (QED) is 0.542. The number of halogens is 2. The molecule has 8 heteroatoms. The van der Waals surface area contributed by atoms with E-state index in [1.165, 1.54) is 30.3 Å². The number of nitrogens with zero attached hydrogens (tertiary/aromatic N) is 1. The maximum absolute atomic E-state index is 13.6. The number of nitrogens with one attached hydrogen (secondary N) is 3. The molecule has 0 saturated carbocycles. The van der Waals surface area contributed by atoms with E-state index in [4.69, 9.17) is 5.73 Å². The van der Waals surface area contributed by atoms with Gasteiger partial charge in [-0.15, -0.1) is 0 Å². The second-order valence-electron chi connectivity index (χ2n) is 5.67. The van der Waals surface area contributed by atoms with Crippen LogP contribution in [0.4, 0.5) is 36.6 Å². The van der Waals surface area contributed by atoms with E-state index in [9.17, 15) is 13.6 Å². The standard InChI is InChI=1S/C19H17F2N5O/c20-13-7-5-12(6-8-13)11-23-17-10-9-16(18(22)26-17)25-19(27)24-15-4-2-1-3-14(15)21/h1-10H,11H2,(H3,22,23,26)(H2,24,25,27). The van der Waals surface area contributed by atoms with Crippen LogP contribution in [0.5, 0.6) is 0 Å². The molecule has 0 radical (unpaired) electrons. The van der Waals surface area contributed by atoms with Crippen LogP contribution in [0.15, 0.2) is 60.7 Å². The van der Waals surface area contributed by atoms with Crippen molar-refractivity contribution in [3.63, 3.8) is 0 Å². The number of benzene rings is 2. The molecule has 0 aliphatic carbocycles. The lowest BCUT2D eigenvalue weighted by Gasteiger charge is -2.12. The zero-order valence-corrected chi connectivity index (χ0v) is 14.2. The predicted molar refractivity (Wildman–Crippen MR) is 101 cm³/mol. The minimum atomic E-state index is -0.638. The molecule has 0 bridgehead atoms. The molecule has 2 aromatic carbocycles. The summed E-state index contributed by atoms with van der Waals surface area (Å²) in [6.45, 7) is 0.438. The van der Waals surface area contributed by atoms with Crippen LogP contribution in [-0.4, -0.2) is 11.0 Å². The first-order valence-corrected chi connectivity index (χ1v) is 8.08. The molecule has 5 N–H and O–H groups in total. The first-order valence-electron chi connectivity index (χ1n) is 8.08. The second kappa shape index (κ2) is 8.13. The van der Waals surface area contributed by atoms with E-state index in [0.717, 1.165) is 5.56 Å². The van der Waals surface area contributed by atoms with Crippen molar-refractivity contribution in [2.75, 3.05) is 21.7 Å². The van der Waals surface area contributed by atoms with Crippen LogP contribution in [0, 0.1) is 11.6 Å². The summed E-state index contributed by atoms with van der Waals surface area (Å²) >= 11 is 0. The number of amides is 2.